The Kier molecular flexibility index (Phi) is 5.74. The highest BCUT2D eigenvalue weighted by molar-refractivity contribution is 5.91. The zero-order valence-corrected chi connectivity index (χ0v) is 14.8. The smallest absolute Gasteiger partial charge is 0.352 e. The Labute approximate surface area is 145 Å². The summed E-state index contributed by atoms with van der Waals surface area (Å²) < 4.78 is 7.13. The van der Waals surface area contributed by atoms with Gasteiger partial charge >= 0.3 is 5.69 Å². The molecule has 1 aromatic carbocycles. The minimum Gasteiger partial charge on any atom is -0.497 e. The average Bonchev–Trinajstić information content (AvgIpc) is 2.60. The highest BCUT2D eigenvalue weighted by atomic mass is 16.5. The molecule has 0 fully saturated rings. The third kappa shape index (κ3) is 3.96. The van der Waals surface area contributed by atoms with Gasteiger partial charge in [0.2, 0.25) is 5.69 Å². The molecule has 0 spiro atoms. The fraction of sp³-hybridized carbons (Fsp3) is 0.412. The second kappa shape index (κ2) is 7.78. The molecule has 8 nitrogen and oxygen atoms in total. The van der Waals surface area contributed by atoms with E-state index < -0.39 is 17.2 Å². The van der Waals surface area contributed by atoms with Gasteiger partial charge in [0.15, 0.2) is 0 Å². The van der Waals surface area contributed by atoms with E-state index in [2.05, 4.69) is 10.4 Å². The van der Waals surface area contributed by atoms with E-state index in [1.54, 1.807) is 31.2 Å². The van der Waals surface area contributed by atoms with Crippen molar-refractivity contribution in [1.82, 2.24) is 19.7 Å². The van der Waals surface area contributed by atoms with Crippen LogP contribution in [-0.2, 0) is 6.54 Å². The molecule has 8 heteroatoms. The van der Waals surface area contributed by atoms with Gasteiger partial charge in [-0.2, -0.15) is 9.78 Å². The van der Waals surface area contributed by atoms with Crippen molar-refractivity contribution in [2.24, 2.45) is 5.92 Å². The molecule has 1 N–H and O–H groups in total. The predicted octanol–water partition coefficient (Wildman–Crippen LogP) is 0.808. The molecular weight excluding hydrogens is 324 g/mol. The van der Waals surface area contributed by atoms with Crippen molar-refractivity contribution < 1.29 is 9.53 Å². The van der Waals surface area contributed by atoms with Crippen LogP contribution in [0.2, 0.25) is 0 Å². The lowest BCUT2D eigenvalue weighted by Gasteiger charge is -2.12. The van der Waals surface area contributed by atoms with E-state index in [4.69, 9.17) is 4.74 Å². The molecule has 2 aromatic rings. The zero-order chi connectivity index (χ0) is 18.6. The molecule has 0 saturated heterocycles. The quantitative estimate of drug-likeness (QED) is 0.835. The van der Waals surface area contributed by atoms with Gasteiger partial charge in [-0.05, 0) is 37.1 Å². The normalized spacial score (nSPS) is 10.8. The number of carbonyl (C=O) groups is 1. The van der Waals surface area contributed by atoms with Gasteiger partial charge in [-0.15, -0.1) is 0 Å². The van der Waals surface area contributed by atoms with Gasteiger partial charge in [-0.1, -0.05) is 13.8 Å². The van der Waals surface area contributed by atoms with E-state index in [0.29, 0.717) is 18.0 Å². The van der Waals surface area contributed by atoms with Crippen molar-refractivity contribution in [1.29, 1.82) is 0 Å². The number of hydrogen-bond acceptors (Lipinski definition) is 5. The minimum atomic E-state index is -0.696. The SMILES string of the molecule is CCn1c(=O)c(C(=O)NCC(C)C)nn(-c2ccc(OC)cc2)c1=O. The molecule has 134 valence electrons. The summed E-state index contributed by atoms with van der Waals surface area (Å²) in [5, 5.41) is 6.66. The molecule has 2 rings (SSSR count). The first kappa shape index (κ1) is 18.4. The van der Waals surface area contributed by atoms with E-state index >= 15 is 0 Å². The van der Waals surface area contributed by atoms with Gasteiger partial charge in [-0.25, -0.2) is 4.79 Å². The van der Waals surface area contributed by atoms with Crippen LogP contribution >= 0.6 is 0 Å². The first-order valence-electron chi connectivity index (χ1n) is 8.05. The van der Waals surface area contributed by atoms with E-state index in [9.17, 15) is 14.4 Å². The third-order valence-electron chi connectivity index (χ3n) is 3.58. The molecule has 0 atom stereocenters. The number of ether oxygens (including phenoxy) is 1. The topological polar surface area (TPSA) is 95.2 Å². The van der Waals surface area contributed by atoms with Crippen LogP contribution in [0.1, 0.15) is 31.3 Å². The number of nitrogens with one attached hydrogen (secondary N) is 1. The molecule has 0 aliphatic heterocycles. The number of benzene rings is 1. The monoisotopic (exact) mass is 346 g/mol. The van der Waals surface area contributed by atoms with Gasteiger partial charge in [0.25, 0.3) is 11.5 Å². The molecule has 1 heterocycles. The fourth-order valence-electron chi connectivity index (χ4n) is 2.21. The van der Waals surface area contributed by atoms with Gasteiger partial charge < -0.3 is 10.1 Å². The van der Waals surface area contributed by atoms with Crippen molar-refractivity contribution >= 4 is 5.91 Å². The molecule has 0 saturated carbocycles. The predicted molar refractivity (Wildman–Crippen MR) is 93.5 cm³/mol. The Morgan fingerprint density at radius 3 is 2.40 bits per heavy atom. The lowest BCUT2D eigenvalue weighted by molar-refractivity contribution is 0.0939. The maximum Gasteiger partial charge on any atom is 0.352 e. The Bertz CT molecular complexity index is 866. The lowest BCUT2D eigenvalue weighted by Crippen LogP contribution is -2.45. The van der Waals surface area contributed by atoms with Crippen LogP contribution in [-0.4, -0.2) is 33.9 Å². The number of nitrogens with zero attached hydrogens (tertiary/aromatic N) is 3. The maximum atomic E-state index is 12.5. The van der Waals surface area contributed by atoms with Crippen LogP contribution in [0.25, 0.3) is 5.69 Å². The van der Waals surface area contributed by atoms with Gasteiger partial charge in [0.1, 0.15) is 5.75 Å². The van der Waals surface area contributed by atoms with Crippen molar-refractivity contribution in [3.05, 3.63) is 50.8 Å². The van der Waals surface area contributed by atoms with Crippen LogP contribution in [0.3, 0.4) is 0 Å². The number of amides is 1. The van der Waals surface area contributed by atoms with Crippen molar-refractivity contribution in [3.63, 3.8) is 0 Å². The average molecular weight is 346 g/mol. The van der Waals surface area contributed by atoms with E-state index in [1.807, 2.05) is 13.8 Å². The number of rotatable bonds is 6. The lowest BCUT2D eigenvalue weighted by atomic mass is 10.2. The highest BCUT2D eigenvalue weighted by Gasteiger charge is 2.19. The second-order valence-electron chi connectivity index (χ2n) is 5.89. The van der Waals surface area contributed by atoms with Crippen molar-refractivity contribution in [2.45, 2.75) is 27.3 Å². The fourth-order valence-corrected chi connectivity index (χ4v) is 2.21. The molecule has 1 aromatic heterocycles. The van der Waals surface area contributed by atoms with Crippen LogP contribution in [0.4, 0.5) is 0 Å². The first-order chi connectivity index (χ1) is 11.9. The number of aromatic nitrogens is 3. The summed E-state index contributed by atoms with van der Waals surface area (Å²) in [6.07, 6.45) is 0. The van der Waals surface area contributed by atoms with Crippen LogP contribution in [0, 0.1) is 5.92 Å². The Balaban J connectivity index is 2.56. The third-order valence-corrected chi connectivity index (χ3v) is 3.58. The number of hydrogen-bond donors (Lipinski definition) is 1. The van der Waals surface area contributed by atoms with Gasteiger partial charge in [-0.3, -0.25) is 14.2 Å². The van der Waals surface area contributed by atoms with E-state index in [-0.39, 0.29) is 18.2 Å². The van der Waals surface area contributed by atoms with Crippen LogP contribution < -0.4 is 21.3 Å². The molecule has 0 unspecified atom stereocenters. The number of carbonyl (C=O) groups excluding carboxylic acids is 1. The molecule has 0 aliphatic rings. The summed E-state index contributed by atoms with van der Waals surface area (Å²) in [6.45, 7) is 6.10. The number of methoxy groups -OCH3 is 1. The van der Waals surface area contributed by atoms with Crippen LogP contribution in [0.15, 0.2) is 33.9 Å². The summed E-state index contributed by atoms with van der Waals surface area (Å²) in [7, 11) is 1.54. The first-order valence-corrected chi connectivity index (χ1v) is 8.05. The highest BCUT2D eigenvalue weighted by Crippen LogP contribution is 2.12. The minimum absolute atomic E-state index is 0.140. The Morgan fingerprint density at radius 2 is 1.88 bits per heavy atom. The molecule has 0 radical (unpaired) electrons. The Hall–Kier alpha value is -2.90. The molecule has 0 aliphatic carbocycles. The second-order valence-corrected chi connectivity index (χ2v) is 5.89. The molecule has 0 bridgehead atoms. The van der Waals surface area contributed by atoms with Gasteiger partial charge in [0.05, 0.1) is 12.8 Å². The summed E-state index contributed by atoms with van der Waals surface area (Å²) >= 11 is 0. The van der Waals surface area contributed by atoms with E-state index in [1.165, 1.54) is 7.11 Å². The standard InChI is InChI=1S/C17H22N4O4/c1-5-20-16(23)14(15(22)18-10-11(2)3)19-21(17(20)24)12-6-8-13(25-4)9-7-12/h6-9,11H,5,10H2,1-4H3,(H,18,22). The zero-order valence-electron chi connectivity index (χ0n) is 14.8. The van der Waals surface area contributed by atoms with Crippen molar-refractivity contribution in [2.75, 3.05) is 13.7 Å². The molecule has 25 heavy (non-hydrogen) atoms. The summed E-state index contributed by atoms with van der Waals surface area (Å²) in [4.78, 5) is 37.2. The van der Waals surface area contributed by atoms with Crippen LogP contribution in [0.5, 0.6) is 5.75 Å². The van der Waals surface area contributed by atoms with Crippen molar-refractivity contribution in [3.8, 4) is 11.4 Å². The summed E-state index contributed by atoms with van der Waals surface area (Å²) in [6, 6.07) is 6.60. The summed E-state index contributed by atoms with van der Waals surface area (Å²) in [5.74, 6) is 0.253. The van der Waals surface area contributed by atoms with Gasteiger partial charge in [0, 0.05) is 13.1 Å². The Morgan fingerprint density at radius 1 is 1.24 bits per heavy atom. The van der Waals surface area contributed by atoms with E-state index in [0.717, 1.165) is 9.25 Å². The largest absolute Gasteiger partial charge is 0.497 e. The maximum absolute atomic E-state index is 12.5. The summed E-state index contributed by atoms with van der Waals surface area (Å²) in [5.41, 5.74) is -1.17. The molecular formula is C17H22N4O4. The molecule has 1 amide bonds.